The van der Waals surface area contributed by atoms with Gasteiger partial charge in [-0.05, 0) is 94.8 Å². The highest BCUT2D eigenvalue weighted by Crippen LogP contribution is 2.43. The Labute approximate surface area is 549 Å². The highest BCUT2D eigenvalue weighted by atomic mass is 16.6. The molecule has 92 heavy (non-hydrogen) atoms. The van der Waals surface area contributed by atoms with Crippen molar-refractivity contribution in [2.24, 2.45) is 0 Å². The van der Waals surface area contributed by atoms with Crippen LogP contribution in [0, 0.1) is 0 Å². The van der Waals surface area contributed by atoms with Gasteiger partial charge in [0.1, 0.15) is 40.3 Å². The number of hydrogen-bond donors (Lipinski definition) is 1. The average molecular weight is 1270 g/mol. The Bertz CT molecular complexity index is 2690. The number of nitrogens with zero attached hydrogens (tertiary/aromatic N) is 1. The first-order valence-electron chi connectivity index (χ1n) is 33.3. The molecule has 0 aliphatic carbocycles. The quantitative estimate of drug-likeness (QED) is 0.0284. The molecule has 504 valence electrons. The van der Waals surface area contributed by atoms with Gasteiger partial charge in [0.05, 0.1) is 128 Å². The van der Waals surface area contributed by atoms with Gasteiger partial charge in [0.25, 0.3) is 0 Å². The number of ether oxygens (including phenoxy) is 13. The van der Waals surface area contributed by atoms with Gasteiger partial charge >= 0.3 is 0 Å². The van der Waals surface area contributed by atoms with Crippen LogP contribution in [0.3, 0.4) is 0 Å². The van der Waals surface area contributed by atoms with Crippen molar-refractivity contribution in [3.63, 3.8) is 0 Å². The zero-order valence-corrected chi connectivity index (χ0v) is 55.6. The van der Waals surface area contributed by atoms with Gasteiger partial charge in [0.2, 0.25) is 5.91 Å². The van der Waals surface area contributed by atoms with Gasteiger partial charge < -0.3 is 71.6 Å². The first kappa shape index (κ1) is 74.6. The lowest BCUT2D eigenvalue weighted by Crippen LogP contribution is -2.36. The number of benzene rings is 6. The third-order valence-corrected chi connectivity index (χ3v) is 16.1. The van der Waals surface area contributed by atoms with Crippen molar-refractivity contribution >= 4 is 5.91 Å². The van der Waals surface area contributed by atoms with E-state index in [2.05, 4.69) is 19.1 Å². The normalized spacial score (nSPS) is 12.0. The molecule has 1 amide bonds. The van der Waals surface area contributed by atoms with Gasteiger partial charge in [-0.2, -0.15) is 0 Å². The summed E-state index contributed by atoms with van der Waals surface area (Å²) in [5.41, 5.74) is 3.60. The predicted molar refractivity (Wildman–Crippen MR) is 361 cm³/mol. The second kappa shape index (κ2) is 45.0. The van der Waals surface area contributed by atoms with E-state index in [4.69, 9.17) is 61.6 Å². The summed E-state index contributed by atoms with van der Waals surface area (Å²) in [5.74, 6) is 3.14. The second-order valence-electron chi connectivity index (χ2n) is 22.6. The number of aliphatic hydroxyl groups excluding tert-OH is 1. The van der Waals surface area contributed by atoms with E-state index in [1.165, 1.54) is 57.8 Å². The van der Waals surface area contributed by atoms with Crippen molar-refractivity contribution in [3.05, 3.63) is 191 Å². The second-order valence-corrected chi connectivity index (χ2v) is 22.6. The van der Waals surface area contributed by atoms with Gasteiger partial charge in [-0.15, -0.1) is 0 Å². The summed E-state index contributed by atoms with van der Waals surface area (Å²) in [6.07, 6.45) is 13.9. The molecule has 1 unspecified atom stereocenters. The molecule has 0 bridgehead atoms. The van der Waals surface area contributed by atoms with Gasteiger partial charge in [-0.3, -0.25) is 4.79 Å². The number of unbranched alkanes of at least 4 members (excludes halogenated alkanes) is 10. The number of rotatable bonds is 53. The molecule has 0 spiro atoms. The summed E-state index contributed by atoms with van der Waals surface area (Å²) in [4.78, 5) is 15.5. The first-order valence-corrected chi connectivity index (χ1v) is 33.3. The van der Waals surface area contributed by atoms with Crippen LogP contribution in [0.15, 0.2) is 158 Å². The van der Waals surface area contributed by atoms with Gasteiger partial charge in [0, 0.05) is 26.1 Å². The molecule has 0 saturated heterocycles. The number of amides is 1. The summed E-state index contributed by atoms with van der Waals surface area (Å²) in [5, 5.41) is 11.1. The molecule has 0 aliphatic rings. The molecule has 6 aromatic carbocycles. The average Bonchev–Trinajstić information content (AvgIpc) is 0.784. The van der Waals surface area contributed by atoms with Crippen LogP contribution in [0.4, 0.5) is 0 Å². The fourth-order valence-electron chi connectivity index (χ4n) is 11.1. The van der Waals surface area contributed by atoms with Crippen molar-refractivity contribution in [3.8, 4) is 23.0 Å². The van der Waals surface area contributed by atoms with Crippen LogP contribution in [-0.4, -0.2) is 169 Å². The molecule has 0 saturated carbocycles. The van der Waals surface area contributed by atoms with E-state index in [0.29, 0.717) is 118 Å². The Hall–Kier alpha value is -6.41. The zero-order valence-electron chi connectivity index (χ0n) is 55.6. The van der Waals surface area contributed by atoms with E-state index in [1.54, 1.807) is 28.4 Å². The molecular formula is C76H105NO15. The molecule has 0 aromatic heterocycles. The lowest BCUT2D eigenvalue weighted by Gasteiger charge is -2.36. The lowest BCUT2D eigenvalue weighted by atomic mass is 9.80. The standard InChI is InChI=1S/C76H105NO15/c1-6-7-8-9-10-11-12-13-14-15-22-28-74(79)77(46-48-85-50-52-87-55-56-89-59-60-91-75(63-24-18-16-19-25-63,65-29-37-70(80-2)38-30-65)66-31-39-71(81-3)40-32-66)45-23-47-84-49-51-86-53-54-88-57-58-90-61-69(78)62-92-76(64-26-20-17-21-27-64,67-33-41-72(82-4)42-34-67)68-35-43-73(83-5)44-36-68/h16-21,24-27,29-44,69,78H,6-15,22-23,28,45-62H2,1-5H3. The van der Waals surface area contributed by atoms with Crippen molar-refractivity contribution in [2.45, 2.75) is 108 Å². The van der Waals surface area contributed by atoms with Crippen LogP contribution >= 0.6 is 0 Å². The Morgan fingerprint density at radius 3 is 1.07 bits per heavy atom. The fourth-order valence-corrected chi connectivity index (χ4v) is 11.1. The number of hydrogen-bond acceptors (Lipinski definition) is 15. The third kappa shape index (κ3) is 25.5. The maximum atomic E-state index is 13.6. The third-order valence-electron chi connectivity index (χ3n) is 16.1. The molecule has 0 heterocycles. The van der Waals surface area contributed by atoms with Crippen LogP contribution in [0.1, 0.15) is 124 Å². The van der Waals surface area contributed by atoms with Gasteiger partial charge in [-0.1, -0.05) is 180 Å². The van der Waals surface area contributed by atoms with Crippen molar-refractivity contribution in [1.82, 2.24) is 4.90 Å². The summed E-state index contributed by atoms with van der Waals surface area (Å²) in [6.45, 7) is 8.97. The minimum atomic E-state index is -1.05. The highest BCUT2D eigenvalue weighted by molar-refractivity contribution is 5.76. The molecule has 16 heteroatoms. The summed E-state index contributed by atoms with van der Waals surface area (Å²) >= 11 is 0. The van der Waals surface area contributed by atoms with Crippen LogP contribution in [-0.2, 0) is 58.6 Å². The smallest absolute Gasteiger partial charge is 0.222 e. The molecule has 0 aliphatic heterocycles. The molecule has 6 rings (SSSR count). The number of aliphatic hydroxyl groups is 1. The Morgan fingerprint density at radius 2 is 0.674 bits per heavy atom. The Balaban J connectivity index is 0.840. The van der Waals surface area contributed by atoms with E-state index >= 15 is 0 Å². The monoisotopic (exact) mass is 1270 g/mol. The van der Waals surface area contributed by atoms with Crippen molar-refractivity contribution in [2.75, 3.05) is 147 Å². The molecule has 1 N–H and O–H groups in total. The SMILES string of the molecule is CCCCCCCCCCCCCC(=O)N(CCCOCCOCCOCCOCC(O)COC(c1ccccc1)(c1ccc(OC)cc1)c1ccc(OC)cc1)CCOCCOCCOCCOC(c1ccccc1)(c1ccc(OC)cc1)c1ccc(OC)cc1. The molecule has 16 nitrogen and oxygen atoms in total. The maximum Gasteiger partial charge on any atom is 0.222 e. The van der Waals surface area contributed by atoms with Gasteiger partial charge in [-0.25, -0.2) is 0 Å². The molecule has 6 aromatic rings. The van der Waals surface area contributed by atoms with Crippen LogP contribution in [0.5, 0.6) is 23.0 Å². The Morgan fingerprint density at radius 1 is 0.348 bits per heavy atom. The largest absolute Gasteiger partial charge is 0.497 e. The zero-order chi connectivity index (χ0) is 65.0. The van der Waals surface area contributed by atoms with E-state index in [1.807, 2.05) is 150 Å². The summed E-state index contributed by atoms with van der Waals surface area (Å²) in [6, 6.07) is 51.7. The lowest BCUT2D eigenvalue weighted by molar-refractivity contribution is -0.132. The minimum absolute atomic E-state index is 0.00256. The molecule has 1 atom stereocenters. The molecule has 0 radical (unpaired) electrons. The van der Waals surface area contributed by atoms with Crippen LogP contribution in [0.2, 0.25) is 0 Å². The van der Waals surface area contributed by atoms with E-state index < -0.39 is 17.3 Å². The molecule has 0 fully saturated rings. The number of carbonyl (C=O) groups is 1. The summed E-state index contributed by atoms with van der Waals surface area (Å²) in [7, 11) is 6.60. The first-order chi connectivity index (χ1) is 45.3. The van der Waals surface area contributed by atoms with Crippen LogP contribution in [0.25, 0.3) is 0 Å². The fraction of sp³-hybridized carbons (Fsp3) is 0.513. The summed E-state index contributed by atoms with van der Waals surface area (Å²) < 4.78 is 76.7. The number of methoxy groups -OCH3 is 4. The van der Waals surface area contributed by atoms with Gasteiger partial charge in [0.15, 0.2) is 0 Å². The predicted octanol–water partition coefficient (Wildman–Crippen LogP) is 13.4. The number of carbonyl (C=O) groups excluding carboxylic acids is 1. The Kier molecular flexibility index (Phi) is 36.5. The van der Waals surface area contributed by atoms with Crippen molar-refractivity contribution < 1.29 is 71.5 Å². The minimum Gasteiger partial charge on any atom is -0.497 e. The van der Waals surface area contributed by atoms with Crippen LogP contribution < -0.4 is 18.9 Å². The molecular weight excluding hydrogens is 1170 g/mol. The highest BCUT2D eigenvalue weighted by Gasteiger charge is 2.40. The van der Waals surface area contributed by atoms with Crippen molar-refractivity contribution in [1.29, 1.82) is 0 Å². The van der Waals surface area contributed by atoms with E-state index in [-0.39, 0.29) is 19.1 Å². The van der Waals surface area contributed by atoms with E-state index in [0.717, 1.165) is 69.2 Å². The van der Waals surface area contributed by atoms with E-state index in [9.17, 15) is 9.90 Å². The topological polar surface area (TPSA) is 161 Å². The maximum absolute atomic E-state index is 13.6.